The Hall–Kier alpha value is -1.43. The predicted molar refractivity (Wildman–Crippen MR) is 72.9 cm³/mol. The lowest BCUT2D eigenvalue weighted by Gasteiger charge is -2.14. The van der Waals surface area contributed by atoms with Gasteiger partial charge in [-0.1, -0.05) is 13.8 Å². The fourth-order valence-corrected chi connectivity index (χ4v) is 1.89. The zero-order valence-corrected chi connectivity index (χ0v) is 12.3. The SMILES string of the molecule is CCOC(=O)C(CCn1nc(CC)nc1CC)NC. The molecule has 1 atom stereocenters. The highest BCUT2D eigenvalue weighted by atomic mass is 16.5. The smallest absolute Gasteiger partial charge is 0.323 e. The monoisotopic (exact) mass is 268 g/mol. The third-order valence-corrected chi connectivity index (χ3v) is 2.97. The van der Waals surface area contributed by atoms with Gasteiger partial charge in [0, 0.05) is 19.4 Å². The van der Waals surface area contributed by atoms with Gasteiger partial charge in [-0.05, 0) is 20.4 Å². The van der Waals surface area contributed by atoms with Crippen LogP contribution in [0.2, 0.25) is 0 Å². The fourth-order valence-electron chi connectivity index (χ4n) is 1.89. The van der Waals surface area contributed by atoms with Crippen LogP contribution in [0.5, 0.6) is 0 Å². The van der Waals surface area contributed by atoms with E-state index in [1.807, 2.05) is 18.5 Å². The van der Waals surface area contributed by atoms with Gasteiger partial charge in [-0.2, -0.15) is 5.10 Å². The Labute approximate surface area is 114 Å². The highest BCUT2D eigenvalue weighted by molar-refractivity contribution is 5.75. The van der Waals surface area contributed by atoms with E-state index in [1.54, 1.807) is 7.05 Å². The molecule has 1 unspecified atom stereocenters. The molecule has 1 rings (SSSR count). The summed E-state index contributed by atoms with van der Waals surface area (Å²) in [5.41, 5.74) is 0. The van der Waals surface area contributed by atoms with E-state index in [0.717, 1.165) is 24.5 Å². The summed E-state index contributed by atoms with van der Waals surface area (Å²) in [6.45, 7) is 6.97. The maximum absolute atomic E-state index is 11.7. The number of rotatable bonds is 8. The van der Waals surface area contributed by atoms with E-state index in [-0.39, 0.29) is 12.0 Å². The summed E-state index contributed by atoms with van der Waals surface area (Å²) in [7, 11) is 1.77. The maximum Gasteiger partial charge on any atom is 0.323 e. The van der Waals surface area contributed by atoms with E-state index >= 15 is 0 Å². The Balaban J connectivity index is 2.63. The van der Waals surface area contributed by atoms with Gasteiger partial charge < -0.3 is 10.1 Å². The van der Waals surface area contributed by atoms with Crippen molar-refractivity contribution in [1.29, 1.82) is 0 Å². The van der Waals surface area contributed by atoms with E-state index in [2.05, 4.69) is 22.3 Å². The summed E-state index contributed by atoms with van der Waals surface area (Å²) in [6, 6.07) is -0.293. The number of likely N-dealkylation sites (N-methyl/N-ethyl adjacent to an activating group) is 1. The molecule has 0 aliphatic rings. The van der Waals surface area contributed by atoms with E-state index in [1.165, 1.54) is 0 Å². The number of carbonyl (C=O) groups is 1. The molecule has 0 aromatic carbocycles. The van der Waals surface area contributed by atoms with Crippen LogP contribution in [-0.2, 0) is 28.9 Å². The molecule has 0 saturated carbocycles. The zero-order chi connectivity index (χ0) is 14.3. The van der Waals surface area contributed by atoms with Gasteiger partial charge in [0.15, 0.2) is 5.82 Å². The van der Waals surface area contributed by atoms with Gasteiger partial charge >= 0.3 is 5.97 Å². The number of nitrogens with one attached hydrogen (secondary N) is 1. The molecular formula is C13H24N4O2. The minimum absolute atomic E-state index is 0.209. The molecule has 0 bridgehead atoms. The van der Waals surface area contributed by atoms with Crippen LogP contribution < -0.4 is 5.32 Å². The Morgan fingerprint density at radius 2 is 2.11 bits per heavy atom. The number of hydrogen-bond donors (Lipinski definition) is 1. The topological polar surface area (TPSA) is 69.0 Å². The summed E-state index contributed by atoms with van der Waals surface area (Å²) in [4.78, 5) is 16.1. The maximum atomic E-state index is 11.7. The van der Waals surface area contributed by atoms with Crippen LogP contribution >= 0.6 is 0 Å². The number of aromatic nitrogens is 3. The highest BCUT2D eigenvalue weighted by Crippen LogP contribution is 2.04. The van der Waals surface area contributed by atoms with Crippen molar-refractivity contribution in [2.75, 3.05) is 13.7 Å². The van der Waals surface area contributed by atoms with Gasteiger partial charge in [0.25, 0.3) is 0 Å². The van der Waals surface area contributed by atoms with Crippen molar-refractivity contribution in [1.82, 2.24) is 20.1 Å². The second-order valence-electron chi connectivity index (χ2n) is 4.26. The number of carbonyl (C=O) groups excluding carboxylic acids is 1. The minimum atomic E-state index is -0.293. The standard InChI is InChI=1S/C13H24N4O2/c1-5-11-15-12(6-2)17(16-11)9-8-10(14-4)13(18)19-7-3/h10,14H,5-9H2,1-4H3. The van der Waals surface area contributed by atoms with Gasteiger partial charge in [0.05, 0.1) is 6.61 Å². The molecular weight excluding hydrogens is 244 g/mol. The first-order valence-electron chi connectivity index (χ1n) is 6.92. The lowest BCUT2D eigenvalue weighted by atomic mass is 10.2. The molecule has 0 aliphatic heterocycles. The van der Waals surface area contributed by atoms with Crippen molar-refractivity contribution < 1.29 is 9.53 Å². The van der Waals surface area contributed by atoms with Gasteiger partial charge in [-0.25, -0.2) is 9.67 Å². The van der Waals surface area contributed by atoms with E-state index in [9.17, 15) is 4.79 Å². The van der Waals surface area contributed by atoms with Gasteiger partial charge in [-0.3, -0.25) is 4.79 Å². The Morgan fingerprint density at radius 3 is 2.63 bits per heavy atom. The normalized spacial score (nSPS) is 12.4. The summed E-state index contributed by atoms with van der Waals surface area (Å²) in [5.74, 6) is 1.61. The molecule has 0 saturated heterocycles. The van der Waals surface area contributed by atoms with E-state index in [4.69, 9.17) is 4.74 Å². The van der Waals surface area contributed by atoms with Crippen molar-refractivity contribution in [3.05, 3.63) is 11.6 Å². The number of hydrogen-bond acceptors (Lipinski definition) is 5. The first-order chi connectivity index (χ1) is 9.15. The van der Waals surface area contributed by atoms with E-state index in [0.29, 0.717) is 19.6 Å². The average molecular weight is 268 g/mol. The van der Waals surface area contributed by atoms with Crippen molar-refractivity contribution in [3.63, 3.8) is 0 Å². The summed E-state index contributed by atoms with van der Waals surface area (Å²) >= 11 is 0. The number of aryl methyl sites for hydroxylation is 3. The van der Waals surface area contributed by atoms with Crippen LogP contribution in [0.3, 0.4) is 0 Å². The molecule has 19 heavy (non-hydrogen) atoms. The molecule has 108 valence electrons. The summed E-state index contributed by atoms with van der Waals surface area (Å²) in [6.07, 6.45) is 2.32. The second-order valence-corrected chi connectivity index (χ2v) is 4.26. The van der Waals surface area contributed by atoms with Crippen molar-refractivity contribution in [2.24, 2.45) is 0 Å². The second kappa shape index (κ2) is 7.89. The molecule has 6 nitrogen and oxygen atoms in total. The fraction of sp³-hybridized carbons (Fsp3) is 0.769. The molecule has 0 amide bonds. The molecule has 1 heterocycles. The highest BCUT2D eigenvalue weighted by Gasteiger charge is 2.18. The van der Waals surface area contributed by atoms with Crippen molar-refractivity contribution in [3.8, 4) is 0 Å². The Bertz CT molecular complexity index is 403. The number of nitrogens with zero attached hydrogens (tertiary/aromatic N) is 3. The van der Waals surface area contributed by atoms with Gasteiger partial charge in [0.2, 0.25) is 0 Å². The summed E-state index contributed by atoms with van der Waals surface area (Å²) in [5, 5.41) is 7.42. The average Bonchev–Trinajstić information content (AvgIpc) is 2.82. The van der Waals surface area contributed by atoms with Crippen molar-refractivity contribution in [2.45, 2.75) is 52.6 Å². The zero-order valence-electron chi connectivity index (χ0n) is 12.3. The lowest BCUT2D eigenvalue weighted by molar-refractivity contribution is -0.145. The van der Waals surface area contributed by atoms with Crippen LogP contribution in [0.1, 0.15) is 38.8 Å². The van der Waals surface area contributed by atoms with Crippen LogP contribution in [0.25, 0.3) is 0 Å². The number of ether oxygens (including phenoxy) is 1. The molecule has 0 spiro atoms. The third-order valence-electron chi connectivity index (χ3n) is 2.97. The van der Waals surface area contributed by atoms with Crippen LogP contribution in [-0.4, -0.2) is 40.4 Å². The molecule has 1 aromatic rings. The largest absolute Gasteiger partial charge is 0.465 e. The van der Waals surface area contributed by atoms with Crippen LogP contribution in [0.4, 0.5) is 0 Å². The van der Waals surface area contributed by atoms with E-state index < -0.39 is 0 Å². The third kappa shape index (κ3) is 4.31. The van der Waals surface area contributed by atoms with Gasteiger partial charge in [-0.15, -0.1) is 0 Å². The first-order valence-corrected chi connectivity index (χ1v) is 6.92. The molecule has 1 N–H and O–H groups in total. The minimum Gasteiger partial charge on any atom is -0.465 e. The summed E-state index contributed by atoms with van der Waals surface area (Å²) < 4.78 is 6.91. The molecule has 0 aliphatic carbocycles. The lowest BCUT2D eigenvalue weighted by Crippen LogP contribution is -2.36. The van der Waals surface area contributed by atoms with Gasteiger partial charge in [0.1, 0.15) is 11.9 Å². The molecule has 0 fully saturated rings. The first kappa shape index (κ1) is 15.6. The Morgan fingerprint density at radius 1 is 1.37 bits per heavy atom. The number of esters is 1. The quantitative estimate of drug-likeness (QED) is 0.711. The van der Waals surface area contributed by atoms with Crippen LogP contribution in [0.15, 0.2) is 0 Å². The molecule has 6 heteroatoms. The predicted octanol–water partition coefficient (Wildman–Crippen LogP) is 0.944. The van der Waals surface area contributed by atoms with Crippen molar-refractivity contribution >= 4 is 5.97 Å². The van der Waals surface area contributed by atoms with Crippen LogP contribution in [0, 0.1) is 0 Å². The molecule has 1 aromatic heterocycles. The Kier molecular flexibility index (Phi) is 6.49. The molecule has 0 radical (unpaired) electrons.